The summed E-state index contributed by atoms with van der Waals surface area (Å²) in [6, 6.07) is -0.0500. The van der Waals surface area contributed by atoms with E-state index < -0.39 is 10.0 Å². The Morgan fingerprint density at radius 1 is 1.21 bits per heavy atom. The maximum absolute atomic E-state index is 13.3. The average Bonchev–Trinajstić information content (AvgIpc) is 2.77. The second-order valence-electron chi connectivity index (χ2n) is 8.72. The first-order valence-electron chi connectivity index (χ1n) is 9.27. The summed E-state index contributed by atoms with van der Waals surface area (Å²) in [7, 11) is -3.35. The highest BCUT2D eigenvalue weighted by Gasteiger charge is 2.66. The summed E-state index contributed by atoms with van der Waals surface area (Å²) in [5.41, 5.74) is -0.302. The normalized spacial score (nSPS) is 32.6. The van der Waals surface area contributed by atoms with Gasteiger partial charge in [0.15, 0.2) is 0 Å². The van der Waals surface area contributed by atoms with Gasteiger partial charge in [-0.15, -0.1) is 0 Å². The first-order chi connectivity index (χ1) is 11.0. The van der Waals surface area contributed by atoms with E-state index in [4.69, 9.17) is 4.74 Å². The molecule has 2 aliphatic carbocycles. The molecule has 4 nitrogen and oxygen atoms in total. The number of nitrogens with zero attached hydrogens (tertiary/aromatic N) is 1. The van der Waals surface area contributed by atoms with Gasteiger partial charge in [-0.05, 0) is 65.2 Å². The topological polar surface area (TPSA) is 46.6 Å². The summed E-state index contributed by atoms with van der Waals surface area (Å²) in [6.07, 6.45) is 6.64. The zero-order valence-electron chi connectivity index (χ0n) is 16.4. The lowest BCUT2D eigenvalue weighted by atomic mass is 9.69. The molecule has 0 spiro atoms. The molecule has 0 N–H and O–H groups in total. The highest BCUT2D eigenvalue weighted by atomic mass is 32.2. The van der Waals surface area contributed by atoms with Crippen LogP contribution in [0.3, 0.4) is 0 Å². The largest absolute Gasteiger partial charge is 0.498 e. The molecule has 0 aliphatic heterocycles. The van der Waals surface area contributed by atoms with E-state index in [0.717, 1.165) is 19.3 Å². The fraction of sp³-hybridized carbons (Fsp3) is 0.895. The van der Waals surface area contributed by atoms with Gasteiger partial charge in [0.1, 0.15) is 6.10 Å². The van der Waals surface area contributed by atoms with E-state index in [1.54, 1.807) is 10.6 Å². The molecule has 0 heterocycles. The molecule has 3 atom stereocenters. The van der Waals surface area contributed by atoms with E-state index in [0.29, 0.717) is 5.92 Å². The maximum atomic E-state index is 13.3. The Bertz CT molecular complexity index is 571. The van der Waals surface area contributed by atoms with Crippen LogP contribution >= 0.6 is 0 Å². The van der Waals surface area contributed by atoms with E-state index in [1.165, 1.54) is 0 Å². The fourth-order valence-corrected chi connectivity index (χ4v) is 8.13. The lowest BCUT2D eigenvalue weighted by Crippen LogP contribution is -2.51. The summed E-state index contributed by atoms with van der Waals surface area (Å²) >= 11 is 0. The van der Waals surface area contributed by atoms with Gasteiger partial charge in [0.25, 0.3) is 0 Å². The van der Waals surface area contributed by atoms with Gasteiger partial charge in [-0.25, -0.2) is 8.42 Å². The zero-order chi connectivity index (χ0) is 18.3. The van der Waals surface area contributed by atoms with Crippen molar-refractivity contribution in [1.82, 2.24) is 4.31 Å². The molecule has 0 unspecified atom stereocenters. The second kappa shape index (κ2) is 6.64. The van der Waals surface area contributed by atoms with Gasteiger partial charge >= 0.3 is 0 Å². The van der Waals surface area contributed by atoms with Crippen LogP contribution in [-0.2, 0) is 14.8 Å². The predicted molar refractivity (Wildman–Crippen MR) is 99.1 cm³/mol. The molecule has 0 aromatic carbocycles. The Hall–Kier alpha value is -0.550. The molecule has 24 heavy (non-hydrogen) atoms. The molecule has 0 saturated heterocycles. The van der Waals surface area contributed by atoms with Crippen LogP contribution in [0.2, 0.25) is 0 Å². The van der Waals surface area contributed by atoms with Crippen molar-refractivity contribution in [3.8, 4) is 0 Å². The van der Waals surface area contributed by atoms with E-state index >= 15 is 0 Å². The van der Waals surface area contributed by atoms with Gasteiger partial charge in [-0.2, -0.15) is 4.31 Å². The Morgan fingerprint density at radius 3 is 2.25 bits per heavy atom. The summed E-state index contributed by atoms with van der Waals surface area (Å²) in [4.78, 5) is 0. The van der Waals surface area contributed by atoms with Crippen LogP contribution in [0.25, 0.3) is 0 Å². The van der Waals surface area contributed by atoms with Gasteiger partial charge in [0, 0.05) is 17.5 Å². The summed E-state index contributed by atoms with van der Waals surface area (Å²) in [5, 5.41) is 0. The van der Waals surface area contributed by atoms with Crippen molar-refractivity contribution in [2.75, 3.05) is 5.75 Å². The third-order valence-corrected chi connectivity index (χ3v) is 8.88. The third-order valence-electron chi connectivity index (χ3n) is 6.52. The van der Waals surface area contributed by atoms with Gasteiger partial charge in [-0.1, -0.05) is 19.9 Å². The first-order valence-corrected chi connectivity index (χ1v) is 10.9. The van der Waals surface area contributed by atoms with Crippen molar-refractivity contribution in [2.45, 2.75) is 85.9 Å². The molecular formula is C19H35NO3S. The number of fused-ring (bicyclic) bond motifs is 2. The smallest absolute Gasteiger partial charge is 0.215 e. The van der Waals surface area contributed by atoms with Crippen molar-refractivity contribution >= 4 is 10.0 Å². The van der Waals surface area contributed by atoms with Crippen LogP contribution < -0.4 is 0 Å². The highest BCUT2D eigenvalue weighted by molar-refractivity contribution is 7.89. The molecule has 0 aromatic heterocycles. The number of ether oxygens (including phenoxy) is 1. The van der Waals surface area contributed by atoms with Crippen LogP contribution in [0.4, 0.5) is 0 Å². The van der Waals surface area contributed by atoms with Crippen LogP contribution in [0.1, 0.15) is 67.7 Å². The molecule has 2 aliphatic rings. The number of hydrogen-bond donors (Lipinski definition) is 0. The second-order valence-corrected chi connectivity index (χ2v) is 10.6. The minimum absolute atomic E-state index is 0.00148. The lowest BCUT2D eigenvalue weighted by molar-refractivity contribution is 0.00276. The molecular weight excluding hydrogens is 322 g/mol. The molecule has 0 radical (unpaired) electrons. The van der Waals surface area contributed by atoms with Crippen molar-refractivity contribution in [3.63, 3.8) is 0 Å². The molecule has 140 valence electrons. The van der Waals surface area contributed by atoms with Gasteiger partial charge in [0.05, 0.1) is 12.0 Å². The lowest BCUT2D eigenvalue weighted by Gasteiger charge is -2.43. The van der Waals surface area contributed by atoms with Gasteiger partial charge in [0.2, 0.25) is 10.0 Å². The van der Waals surface area contributed by atoms with Crippen LogP contribution in [0.5, 0.6) is 0 Å². The van der Waals surface area contributed by atoms with Crippen LogP contribution in [0, 0.1) is 16.7 Å². The monoisotopic (exact) mass is 357 g/mol. The Balaban J connectivity index is 2.39. The SMILES string of the molecule is C/C=C\O[C@@H]1C[C@H]2CC[C@]1(CS(=O)(=O)N(C(C)C)C(C)C)C2(C)C. The number of hydrogen-bond acceptors (Lipinski definition) is 3. The molecule has 5 heteroatoms. The summed E-state index contributed by atoms with van der Waals surface area (Å²) in [5.74, 6) is 0.747. The first kappa shape index (κ1) is 19.8. The Labute approximate surface area is 148 Å². The molecule has 2 bridgehead atoms. The predicted octanol–water partition coefficient (Wildman–Crippen LogP) is 4.18. The van der Waals surface area contributed by atoms with Crippen molar-refractivity contribution in [3.05, 3.63) is 12.3 Å². The standard InChI is InChI=1S/C19H35NO3S/c1-8-11-23-17-12-16-9-10-19(17,18(16,6)7)13-24(21,22)20(14(2)3)15(4)5/h8,11,14-17H,9-10,12-13H2,1-7H3/b11-8-/t16-,17-,19-/m1/s1. The van der Waals surface area contributed by atoms with E-state index in [2.05, 4.69) is 13.8 Å². The fourth-order valence-electron chi connectivity index (χ4n) is 5.34. The van der Waals surface area contributed by atoms with Crippen LogP contribution in [0.15, 0.2) is 12.3 Å². The van der Waals surface area contributed by atoms with Gasteiger partial charge < -0.3 is 4.74 Å². The van der Waals surface area contributed by atoms with Crippen molar-refractivity contribution in [1.29, 1.82) is 0 Å². The third kappa shape index (κ3) is 3.03. The molecule has 2 rings (SSSR count). The maximum Gasteiger partial charge on any atom is 0.215 e. The minimum Gasteiger partial charge on any atom is -0.498 e. The van der Waals surface area contributed by atoms with Crippen molar-refractivity contribution in [2.24, 2.45) is 16.7 Å². The molecule has 0 aromatic rings. The summed E-state index contributed by atoms with van der Waals surface area (Å²) < 4.78 is 34.3. The quantitative estimate of drug-likeness (QED) is 0.642. The van der Waals surface area contributed by atoms with Gasteiger partial charge in [-0.3, -0.25) is 0 Å². The minimum atomic E-state index is -3.35. The number of sulfonamides is 1. The zero-order valence-corrected chi connectivity index (χ0v) is 17.2. The van der Waals surface area contributed by atoms with E-state index in [9.17, 15) is 8.42 Å². The Morgan fingerprint density at radius 2 is 1.79 bits per heavy atom. The highest BCUT2D eigenvalue weighted by Crippen LogP contribution is 2.67. The van der Waals surface area contributed by atoms with E-state index in [-0.39, 0.29) is 34.8 Å². The number of allylic oxidation sites excluding steroid dienone is 1. The summed E-state index contributed by atoms with van der Waals surface area (Å²) in [6.45, 7) is 14.3. The molecule has 2 fully saturated rings. The van der Waals surface area contributed by atoms with Crippen molar-refractivity contribution < 1.29 is 13.2 Å². The molecule has 2 saturated carbocycles. The van der Waals surface area contributed by atoms with Crippen LogP contribution in [-0.4, -0.2) is 36.7 Å². The Kier molecular flexibility index (Phi) is 5.47. The average molecular weight is 358 g/mol. The number of rotatable bonds is 7. The van der Waals surface area contributed by atoms with E-state index in [1.807, 2.05) is 40.7 Å². The molecule has 0 amide bonds.